The second-order valence-electron chi connectivity index (χ2n) is 7.67. The number of sulfonamides is 1. The van der Waals surface area contributed by atoms with E-state index < -0.39 is 40.5 Å². The fourth-order valence-corrected chi connectivity index (χ4v) is 5.19. The highest BCUT2D eigenvalue weighted by Crippen LogP contribution is 2.42. The van der Waals surface area contributed by atoms with Crippen molar-refractivity contribution in [2.45, 2.75) is 19.1 Å². The summed E-state index contributed by atoms with van der Waals surface area (Å²) in [5, 5.41) is 12.9. The van der Waals surface area contributed by atoms with Crippen molar-refractivity contribution in [2.24, 2.45) is 0 Å². The minimum atomic E-state index is -3.77. The number of nitrogens with zero attached hydrogens (tertiary/aromatic N) is 1. The third-order valence-electron chi connectivity index (χ3n) is 5.51. The maximum Gasteiger partial charge on any atom is 0.255 e. The fourth-order valence-electron chi connectivity index (χ4n) is 4.01. The molecule has 0 spiro atoms. The lowest BCUT2D eigenvalue weighted by molar-refractivity contribution is 0.0518. The highest BCUT2D eigenvalue weighted by molar-refractivity contribution is 7.92. The minimum absolute atomic E-state index is 0.00388. The summed E-state index contributed by atoms with van der Waals surface area (Å²) in [5.74, 6) is -0.598. The third-order valence-corrected chi connectivity index (χ3v) is 6.72. The summed E-state index contributed by atoms with van der Waals surface area (Å²) >= 11 is 0. The van der Waals surface area contributed by atoms with Crippen LogP contribution in [0.3, 0.4) is 0 Å². The molecule has 0 saturated heterocycles. The molecule has 0 aliphatic carbocycles. The fraction of sp³-hybridized carbons (Fsp3) is 0.318. The van der Waals surface area contributed by atoms with Crippen molar-refractivity contribution in [2.75, 3.05) is 30.8 Å². The van der Waals surface area contributed by atoms with Gasteiger partial charge < -0.3 is 19.6 Å². The van der Waals surface area contributed by atoms with E-state index in [-0.39, 0.29) is 23.5 Å². The Morgan fingerprint density at radius 2 is 1.97 bits per heavy atom. The van der Waals surface area contributed by atoms with Crippen LogP contribution in [0.1, 0.15) is 28.9 Å². The molecule has 2 atom stereocenters. The minimum Gasteiger partial charge on any atom is -0.455 e. The molecule has 4 rings (SSSR count). The van der Waals surface area contributed by atoms with Crippen molar-refractivity contribution in [3.8, 4) is 11.3 Å². The molecule has 170 valence electrons. The van der Waals surface area contributed by atoms with E-state index in [4.69, 9.17) is 9.15 Å². The molecular weight excluding hydrogens is 439 g/mol. The van der Waals surface area contributed by atoms with Crippen molar-refractivity contribution in [1.29, 1.82) is 0 Å². The summed E-state index contributed by atoms with van der Waals surface area (Å²) < 4.78 is 51.6. The molecule has 2 unspecified atom stereocenters. The van der Waals surface area contributed by atoms with Crippen molar-refractivity contribution in [3.63, 3.8) is 0 Å². The largest absolute Gasteiger partial charge is 0.455 e. The quantitative estimate of drug-likeness (QED) is 0.617. The number of anilines is 1. The summed E-state index contributed by atoms with van der Waals surface area (Å²) in [6, 6.07) is 7.93. The molecule has 1 aliphatic rings. The van der Waals surface area contributed by atoms with Crippen LogP contribution in [0.2, 0.25) is 0 Å². The number of aliphatic hydroxyl groups is 1. The summed E-state index contributed by atoms with van der Waals surface area (Å²) in [6.45, 7) is 1.34. The first-order chi connectivity index (χ1) is 15.2. The number of aliphatic hydroxyl groups excluding tert-OH is 1. The number of benzene rings is 2. The number of amides is 1. The maximum atomic E-state index is 13.4. The summed E-state index contributed by atoms with van der Waals surface area (Å²) in [5.41, 5.74) is 1.87. The molecule has 0 fully saturated rings. The molecule has 1 aromatic heterocycles. The number of rotatable bonds is 4. The number of carbonyl (C=O) groups excluding carboxylic acids is 1. The molecule has 1 amide bonds. The molecular formula is C22H23FN2O6S. The van der Waals surface area contributed by atoms with Gasteiger partial charge in [0.05, 0.1) is 42.9 Å². The normalized spacial score (nSPS) is 19.0. The molecule has 10 heteroatoms. The number of furan rings is 1. The topological polar surface area (TPSA) is 109 Å². The first-order valence-electron chi connectivity index (χ1n) is 9.96. The molecule has 0 bridgehead atoms. The number of ether oxygens (including phenoxy) is 1. The van der Waals surface area contributed by atoms with Crippen molar-refractivity contribution >= 4 is 32.6 Å². The van der Waals surface area contributed by atoms with Gasteiger partial charge in [-0.25, -0.2) is 12.8 Å². The molecule has 0 radical (unpaired) electrons. The standard InChI is InChI=1S/C22H23FN2O6S/c1-12-16-8-17-19(9-18(16)25(32(3,28)29)15(10-26)11-30-12)31-21(20(17)22(27)24-2)13-4-6-14(23)7-5-13/h4-9,12,15,26H,10-11H2,1-3H3,(H,24,27). The zero-order valence-electron chi connectivity index (χ0n) is 17.8. The van der Waals surface area contributed by atoms with Crippen LogP contribution in [-0.2, 0) is 14.8 Å². The van der Waals surface area contributed by atoms with Gasteiger partial charge >= 0.3 is 0 Å². The van der Waals surface area contributed by atoms with Crippen LogP contribution in [0, 0.1) is 5.82 Å². The van der Waals surface area contributed by atoms with Gasteiger partial charge in [0.1, 0.15) is 17.2 Å². The Morgan fingerprint density at radius 1 is 1.28 bits per heavy atom. The lowest BCUT2D eigenvalue weighted by atomic mass is 10.0. The molecule has 3 aromatic rings. The average Bonchev–Trinajstić information content (AvgIpc) is 3.05. The summed E-state index contributed by atoms with van der Waals surface area (Å²) in [4.78, 5) is 12.8. The van der Waals surface area contributed by atoms with E-state index >= 15 is 0 Å². The molecule has 0 saturated carbocycles. The van der Waals surface area contributed by atoms with E-state index in [9.17, 15) is 22.7 Å². The Hall–Kier alpha value is -2.95. The zero-order valence-corrected chi connectivity index (χ0v) is 18.6. The molecule has 8 nitrogen and oxygen atoms in total. The van der Waals surface area contributed by atoms with Gasteiger partial charge in [-0.15, -0.1) is 0 Å². The maximum absolute atomic E-state index is 13.4. The van der Waals surface area contributed by atoms with Gasteiger partial charge in [0.15, 0.2) is 0 Å². The van der Waals surface area contributed by atoms with E-state index in [1.165, 1.54) is 31.3 Å². The number of hydrogen-bond donors (Lipinski definition) is 2. The van der Waals surface area contributed by atoms with E-state index in [2.05, 4.69) is 5.32 Å². The number of halogens is 1. The molecule has 1 aliphatic heterocycles. The van der Waals surface area contributed by atoms with E-state index in [0.717, 1.165) is 10.6 Å². The Kier molecular flexibility index (Phi) is 5.70. The Balaban J connectivity index is 2.04. The van der Waals surface area contributed by atoms with Crippen LogP contribution in [0.15, 0.2) is 40.8 Å². The summed E-state index contributed by atoms with van der Waals surface area (Å²) in [7, 11) is -2.28. The van der Waals surface area contributed by atoms with Crippen molar-refractivity contribution in [1.82, 2.24) is 5.32 Å². The van der Waals surface area contributed by atoms with Gasteiger partial charge in [-0.2, -0.15) is 0 Å². The Bertz CT molecular complexity index is 1290. The van der Waals surface area contributed by atoms with Gasteiger partial charge in [0.25, 0.3) is 5.91 Å². The second kappa shape index (κ2) is 8.19. The van der Waals surface area contributed by atoms with Crippen LogP contribution in [-0.4, -0.2) is 52.0 Å². The predicted molar refractivity (Wildman–Crippen MR) is 118 cm³/mol. The SMILES string of the molecule is CNC(=O)c1c(-c2ccc(F)cc2)oc2cc3c(cc12)C(C)OCC(CO)N3S(C)(=O)=O. The molecule has 2 heterocycles. The number of carbonyl (C=O) groups is 1. The monoisotopic (exact) mass is 462 g/mol. The van der Waals surface area contributed by atoms with Gasteiger partial charge in [-0.1, -0.05) is 0 Å². The lowest BCUT2D eigenvalue weighted by Gasteiger charge is -2.28. The van der Waals surface area contributed by atoms with Gasteiger partial charge in [0, 0.05) is 29.6 Å². The van der Waals surface area contributed by atoms with E-state index in [0.29, 0.717) is 22.2 Å². The summed E-state index contributed by atoms with van der Waals surface area (Å²) in [6.07, 6.45) is 0.554. The first kappa shape index (κ1) is 22.3. The van der Waals surface area contributed by atoms with E-state index in [1.807, 2.05) is 0 Å². The predicted octanol–water partition coefficient (Wildman–Crippen LogP) is 2.82. The molecule has 2 N–H and O–H groups in total. The molecule has 2 aromatic carbocycles. The molecule has 32 heavy (non-hydrogen) atoms. The first-order valence-corrected chi connectivity index (χ1v) is 11.8. The van der Waals surface area contributed by atoms with Crippen LogP contribution in [0.5, 0.6) is 0 Å². The Morgan fingerprint density at radius 3 is 2.56 bits per heavy atom. The average molecular weight is 462 g/mol. The second-order valence-corrected chi connectivity index (χ2v) is 9.53. The third kappa shape index (κ3) is 3.74. The number of fused-ring (bicyclic) bond motifs is 2. The highest BCUT2D eigenvalue weighted by atomic mass is 32.2. The van der Waals surface area contributed by atoms with Crippen LogP contribution in [0.25, 0.3) is 22.3 Å². The van der Waals surface area contributed by atoms with Crippen LogP contribution in [0.4, 0.5) is 10.1 Å². The van der Waals surface area contributed by atoms with Gasteiger partial charge in [0.2, 0.25) is 10.0 Å². The Labute approximate surface area is 184 Å². The van der Waals surface area contributed by atoms with Gasteiger partial charge in [-0.3, -0.25) is 9.10 Å². The lowest BCUT2D eigenvalue weighted by Crippen LogP contribution is -2.44. The van der Waals surface area contributed by atoms with Crippen molar-refractivity contribution in [3.05, 3.63) is 53.3 Å². The van der Waals surface area contributed by atoms with Crippen molar-refractivity contribution < 1.29 is 31.9 Å². The number of hydrogen-bond acceptors (Lipinski definition) is 6. The smallest absolute Gasteiger partial charge is 0.255 e. The van der Waals surface area contributed by atoms with Crippen LogP contribution < -0.4 is 9.62 Å². The zero-order chi connectivity index (χ0) is 23.2. The highest BCUT2D eigenvalue weighted by Gasteiger charge is 2.35. The van der Waals surface area contributed by atoms with E-state index in [1.54, 1.807) is 19.1 Å². The van der Waals surface area contributed by atoms with Crippen LogP contribution >= 0.6 is 0 Å². The van der Waals surface area contributed by atoms with Gasteiger partial charge in [-0.05, 0) is 37.3 Å². The number of nitrogens with one attached hydrogen (secondary N) is 1.